The third-order valence-corrected chi connectivity index (χ3v) is 5.90. The zero-order valence-corrected chi connectivity index (χ0v) is 16.3. The second-order valence-electron chi connectivity index (χ2n) is 6.46. The SMILES string of the molecule is O=C(CCNS(=O)(=O)c1ccc(F)c(F)c1)NCCc1cccc2ccccc12. The topological polar surface area (TPSA) is 75.3 Å². The van der Waals surface area contributed by atoms with Gasteiger partial charge in [0.2, 0.25) is 15.9 Å². The summed E-state index contributed by atoms with van der Waals surface area (Å²) in [5.74, 6) is -2.69. The smallest absolute Gasteiger partial charge is 0.240 e. The molecule has 0 atom stereocenters. The van der Waals surface area contributed by atoms with Crippen molar-refractivity contribution in [2.24, 2.45) is 0 Å². The largest absolute Gasteiger partial charge is 0.356 e. The van der Waals surface area contributed by atoms with E-state index in [4.69, 9.17) is 0 Å². The molecule has 8 heteroatoms. The lowest BCUT2D eigenvalue weighted by Crippen LogP contribution is -2.31. The lowest BCUT2D eigenvalue weighted by molar-refractivity contribution is -0.120. The zero-order valence-electron chi connectivity index (χ0n) is 15.5. The number of nitrogens with one attached hydrogen (secondary N) is 2. The van der Waals surface area contributed by atoms with E-state index in [0.29, 0.717) is 19.0 Å². The molecule has 3 aromatic carbocycles. The highest BCUT2D eigenvalue weighted by Gasteiger charge is 2.16. The maximum absolute atomic E-state index is 13.2. The van der Waals surface area contributed by atoms with Crippen LogP contribution in [0.2, 0.25) is 0 Å². The Hall–Kier alpha value is -2.84. The van der Waals surface area contributed by atoms with E-state index in [-0.39, 0.29) is 18.9 Å². The number of hydrogen-bond acceptors (Lipinski definition) is 3. The fourth-order valence-electron chi connectivity index (χ4n) is 2.96. The van der Waals surface area contributed by atoms with Crippen LogP contribution in [-0.2, 0) is 21.2 Å². The van der Waals surface area contributed by atoms with Gasteiger partial charge in [0.15, 0.2) is 11.6 Å². The minimum Gasteiger partial charge on any atom is -0.356 e. The number of fused-ring (bicyclic) bond motifs is 1. The summed E-state index contributed by atoms with van der Waals surface area (Å²) < 4.78 is 52.5. The maximum Gasteiger partial charge on any atom is 0.240 e. The van der Waals surface area contributed by atoms with Crippen molar-refractivity contribution in [3.8, 4) is 0 Å². The molecule has 0 aliphatic rings. The minimum absolute atomic E-state index is 0.0710. The molecule has 29 heavy (non-hydrogen) atoms. The number of rotatable bonds is 8. The summed E-state index contributed by atoms with van der Waals surface area (Å²) in [6.07, 6.45) is 0.576. The first-order valence-corrected chi connectivity index (χ1v) is 10.5. The number of amides is 1. The Labute approximate surface area is 167 Å². The van der Waals surface area contributed by atoms with Gasteiger partial charge >= 0.3 is 0 Å². The van der Waals surface area contributed by atoms with Gasteiger partial charge in [-0.1, -0.05) is 42.5 Å². The molecule has 1 amide bonds. The van der Waals surface area contributed by atoms with Gasteiger partial charge in [0.05, 0.1) is 4.90 Å². The minimum atomic E-state index is -4.02. The van der Waals surface area contributed by atoms with Crippen molar-refractivity contribution in [1.82, 2.24) is 10.0 Å². The number of carbonyl (C=O) groups excluding carboxylic acids is 1. The van der Waals surface area contributed by atoms with Gasteiger partial charge in [0.1, 0.15) is 0 Å². The second-order valence-corrected chi connectivity index (χ2v) is 8.23. The predicted molar refractivity (Wildman–Crippen MR) is 107 cm³/mol. The van der Waals surface area contributed by atoms with Crippen LogP contribution in [0.5, 0.6) is 0 Å². The van der Waals surface area contributed by atoms with E-state index in [1.165, 1.54) is 0 Å². The van der Waals surface area contributed by atoms with E-state index in [2.05, 4.69) is 10.0 Å². The summed E-state index contributed by atoms with van der Waals surface area (Å²) in [6, 6.07) is 16.3. The predicted octanol–water partition coefficient (Wildman–Crippen LogP) is 3.15. The third-order valence-electron chi connectivity index (χ3n) is 4.44. The van der Waals surface area contributed by atoms with E-state index in [1.807, 2.05) is 42.5 Å². The highest BCUT2D eigenvalue weighted by Crippen LogP contribution is 2.18. The van der Waals surface area contributed by atoms with Gasteiger partial charge in [-0.3, -0.25) is 4.79 Å². The summed E-state index contributed by atoms with van der Waals surface area (Å²) in [5.41, 5.74) is 1.11. The summed E-state index contributed by atoms with van der Waals surface area (Å²) in [6.45, 7) is 0.268. The Bertz CT molecular complexity index is 1130. The first kappa shape index (κ1) is 20.9. The van der Waals surface area contributed by atoms with Crippen molar-refractivity contribution in [3.63, 3.8) is 0 Å². The molecule has 3 rings (SSSR count). The Balaban J connectivity index is 1.47. The Kier molecular flexibility index (Phi) is 6.56. The van der Waals surface area contributed by atoms with Crippen molar-refractivity contribution in [3.05, 3.63) is 77.9 Å². The molecule has 0 radical (unpaired) electrons. The van der Waals surface area contributed by atoms with Crippen molar-refractivity contribution >= 4 is 26.7 Å². The van der Waals surface area contributed by atoms with Crippen LogP contribution in [0, 0.1) is 11.6 Å². The van der Waals surface area contributed by atoms with E-state index >= 15 is 0 Å². The first-order chi connectivity index (χ1) is 13.9. The number of carbonyl (C=O) groups is 1. The van der Waals surface area contributed by atoms with E-state index in [9.17, 15) is 22.0 Å². The first-order valence-electron chi connectivity index (χ1n) is 9.05. The average molecular weight is 418 g/mol. The number of sulfonamides is 1. The molecule has 5 nitrogen and oxygen atoms in total. The monoisotopic (exact) mass is 418 g/mol. The average Bonchev–Trinajstić information content (AvgIpc) is 2.70. The van der Waals surface area contributed by atoms with Crippen molar-refractivity contribution in [2.75, 3.05) is 13.1 Å². The van der Waals surface area contributed by atoms with Gasteiger partial charge in [0, 0.05) is 19.5 Å². The molecule has 3 aromatic rings. The number of halogens is 2. The summed E-state index contributed by atoms with van der Waals surface area (Å²) in [7, 11) is -4.02. The quantitative estimate of drug-likeness (QED) is 0.590. The molecular formula is C21H20F2N2O3S. The van der Waals surface area contributed by atoms with Crippen LogP contribution in [0.25, 0.3) is 10.8 Å². The molecule has 0 spiro atoms. The number of benzene rings is 3. The molecule has 0 aliphatic heterocycles. The van der Waals surface area contributed by atoms with Gasteiger partial charge in [0.25, 0.3) is 0 Å². The molecule has 0 saturated heterocycles. The fraction of sp³-hybridized carbons (Fsp3) is 0.190. The van der Waals surface area contributed by atoms with Gasteiger partial charge in [-0.05, 0) is 41.0 Å². The Morgan fingerprint density at radius 2 is 1.66 bits per heavy atom. The van der Waals surface area contributed by atoms with E-state index < -0.39 is 26.6 Å². The third kappa shape index (κ3) is 5.36. The van der Waals surface area contributed by atoms with Crippen LogP contribution in [0.3, 0.4) is 0 Å². The van der Waals surface area contributed by atoms with Crippen LogP contribution in [0.15, 0.2) is 65.6 Å². The Morgan fingerprint density at radius 3 is 2.45 bits per heavy atom. The van der Waals surface area contributed by atoms with Crippen LogP contribution >= 0.6 is 0 Å². The maximum atomic E-state index is 13.2. The van der Waals surface area contributed by atoms with Crippen LogP contribution in [0.4, 0.5) is 8.78 Å². The van der Waals surface area contributed by atoms with Crippen molar-refractivity contribution < 1.29 is 22.0 Å². The highest BCUT2D eigenvalue weighted by molar-refractivity contribution is 7.89. The fourth-order valence-corrected chi connectivity index (χ4v) is 4.01. The Morgan fingerprint density at radius 1 is 0.897 bits per heavy atom. The summed E-state index contributed by atoms with van der Waals surface area (Å²) in [4.78, 5) is 11.6. The second kappa shape index (κ2) is 9.11. The molecular weight excluding hydrogens is 398 g/mol. The zero-order chi connectivity index (χ0) is 20.9. The molecule has 152 valence electrons. The van der Waals surface area contributed by atoms with E-state index in [1.54, 1.807) is 0 Å². The molecule has 0 aromatic heterocycles. The molecule has 2 N–H and O–H groups in total. The number of hydrogen-bond donors (Lipinski definition) is 2. The molecule has 0 saturated carbocycles. The van der Waals surface area contributed by atoms with Crippen molar-refractivity contribution in [1.29, 1.82) is 0 Å². The highest BCUT2D eigenvalue weighted by atomic mass is 32.2. The van der Waals surface area contributed by atoms with Gasteiger partial charge in [-0.25, -0.2) is 21.9 Å². The van der Waals surface area contributed by atoms with Crippen molar-refractivity contribution in [2.45, 2.75) is 17.7 Å². The molecule has 0 bridgehead atoms. The van der Waals surface area contributed by atoms with Crippen LogP contribution < -0.4 is 10.0 Å². The van der Waals surface area contributed by atoms with Gasteiger partial charge < -0.3 is 5.32 Å². The van der Waals surface area contributed by atoms with Gasteiger partial charge in [-0.2, -0.15) is 0 Å². The summed E-state index contributed by atoms with van der Waals surface area (Å²) >= 11 is 0. The van der Waals surface area contributed by atoms with E-state index in [0.717, 1.165) is 28.5 Å². The lowest BCUT2D eigenvalue weighted by Gasteiger charge is -2.09. The van der Waals surface area contributed by atoms with Gasteiger partial charge in [-0.15, -0.1) is 0 Å². The normalized spacial score (nSPS) is 11.5. The van der Waals surface area contributed by atoms with Crippen LogP contribution in [0.1, 0.15) is 12.0 Å². The molecule has 0 aliphatic carbocycles. The van der Waals surface area contributed by atoms with Crippen LogP contribution in [-0.4, -0.2) is 27.4 Å². The molecule has 0 fully saturated rings. The summed E-state index contributed by atoms with van der Waals surface area (Å²) in [5, 5.41) is 5.01. The molecule has 0 unspecified atom stereocenters. The lowest BCUT2D eigenvalue weighted by atomic mass is 10.0. The standard InChI is InChI=1S/C21H20F2N2O3S/c22-19-9-8-17(14-20(19)23)29(27,28)25-13-11-21(26)24-12-10-16-6-3-5-15-4-1-2-7-18(15)16/h1-9,14,25H,10-13H2,(H,24,26). The molecule has 0 heterocycles.